The van der Waals surface area contributed by atoms with E-state index in [1.165, 1.54) is 4.90 Å². The van der Waals surface area contributed by atoms with Gasteiger partial charge in [-0.05, 0) is 32.0 Å². The van der Waals surface area contributed by atoms with Crippen LogP contribution in [0.2, 0.25) is 0 Å². The summed E-state index contributed by atoms with van der Waals surface area (Å²) in [6, 6.07) is 2.87. The molecular formula is C17H17F3N2O4S. The number of halogens is 3. The third-order valence-corrected chi connectivity index (χ3v) is 6.33. The van der Waals surface area contributed by atoms with E-state index in [-0.39, 0.29) is 32.1 Å². The number of benzene rings is 1. The number of amides is 1. The normalized spacial score (nSPS) is 16.0. The maximum Gasteiger partial charge on any atom is 0.257 e. The second-order valence-corrected chi connectivity index (χ2v) is 8.10. The van der Waals surface area contributed by atoms with Crippen molar-refractivity contribution < 1.29 is 30.8 Å². The van der Waals surface area contributed by atoms with Gasteiger partial charge in [0.2, 0.25) is 10.0 Å². The van der Waals surface area contributed by atoms with Crippen molar-refractivity contribution in [3.8, 4) is 0 Å². The number of aryl methyl sites for hydroxylation is 2. The minimum absolute atomic E-state index is 0.0764. The van der Waals surface area contributed by atoms with Crippen LogP contribution in [-0.2, 0) is 10.0 Å². The van der Waals surface area contributed by atoms with Crippen molar-refractivity contribution in [3.05, 3.63) is 52.7 Å². The molecule has 1 aromatic heterocycles. The summed E-state index contributed by atoms with van der Waals surface area (Å²) in [5.74, 6) is -4.29. The number of carbonyl (C=O) groups excluding carboxylic acids is 1. The van der Waals surface area contributed by atoms with Crippen LogP contribution >= 0.6 is 0 Å². The predicted molar refractivity (Wildman–Crippen MR) is 89.2 cm³/mol. The summed E-state index contributed by atoms with van der Waals surface area (Å²) in [5.41, 5.74) is 0.399. The molecule has 0 unspecified atom stereocenters. The van der Waals surface area contributed by atoms with Crippen LogP contribution < -0.4 is 0 Å². The van der Waals surface area contributed by atoms with Gasteiger partial charge in [-0.3, -0.25) is 4.79 Å². The Kier molecular flexibility index (Phi) is 5.04. The summed E-state index contributed by atoms with van der Waals surface area (Å²) in [5, 5.41) is 0. The standard InChI is InChI=1S/C17H17F3N2O4S/c1-10-9-12(11(2)26-10)17(23)21-5-7-22(8-6-21)27(24,25)14-4-3-13(18)15(19)16(14)20/h3-4,9H,5-8H2,1-2H3. The van der Waals surface area contributed by atoms with Gasteiger partial charge in [-0.2, -0.15) is 4.31 Å². The summed E-state index contributed by atoms with van der Waals surface area (Å²) in [6.45, 7) is 3.34. The molecule has 10 heteroatoms. The third kappa shape index (κ3) is 3.46. The van der Waals surface area contributed by atoms with Crippen LogP contribution in [0.15, 0.2) is 27.5 Å². The van der Waals surface area contributed by atoms with E-state index in [1.807, 2.05) is 0 Å². The number of nitrogens with zero attached hydrogens (tertiary/aromatic N) is 2. The fourth-order valence-corrected chi connectivity index (χ4v) is 4.47. The molecule has 0 radical (unpaired) electrons. The smallest absolute Gasteiger partial charge is 0.257 e. The fraction of sp³-hybridized carbons (Fsp3) is 0.353. The van der Waals surface area contributed by atoms with E-state index >= 15 is 0 Å². The Balaban J connectivity index is 1.76. The molecule has 0 atom stereocenters. The molecule has 1 amide bonds. The third-order valence-electron chi connectivity index (χ3n) is 4.41. The molecule has 1 aliphatic heterocycles. The summed E-state index contributed by atoms with van der Waals surface area (Å²) >= 11 is 0. The number of rotatable bonds is 3. The quantitative estimate of drug-likeness (QED) is 0.740. The molecule has 2 aromatic rings. The molecule has 146 valence electrons. The fourth-order valence-electron chi connectivity index (χ4n) is 2.99. The first-order valence-electron chi connectivity index (χ1n) is 8.13. The van der Waals surface area contributed by atoms with Crippen molar-refractivity contribution in [2.24, 2.45) is 0 Å². The summed E-state index contributed by atoms with van der Waals surface area (Å²) in [4.78, 5) is 13.1. The summed E-state index contributed by atoms with van der Waals surface area (Å²) in [6.07, 6.45) is 0. The molecule has 0 bridgehead atoms. The van der Waals surface area contributed by atoms with Crippen molar-refractivity contribution in [3.63, 3.8) is 0 Å². The number of furan rings is 1. The predicted octanol–water partition coefficient (Wildman–Crippen LogP) is 2.46. The van der Waals surface area contributed by atoms with Gasteiger partial charge in [0.15, 0.2) is 17.5 Å². The lowest BCUT2D eigenvalue weighted by molar-refractivity contribution is 0.0696. The Morgan fingerprint density at radius 1 is 1.04 bits per heavy atom. The van der Waals surface area contributed by atoms with Gasteiger partial charge in [0.25, 0.3) is 5.91 Å². The van der Waals surface area contributed by atoms with E-state index < -0.39 is 32.4 Å². The molecule has 0 saturated carbocycles. The molecule has 1 saturated heterocycles. The second-order valence-electron chi connectivity index (χ2n) is 6.20. The molecule has 1 fully saturated rings. The topological polar surface area (TPSA) is 70.8 Å². The number of piperazine rings is 1. The highest BCUT2D eigenvalue weighted by Crippen LogP contribution is 2.24. The van der Waals surface area contributed by atoms with Gasteiger partial charge < -0.3 is 9.32 Å². The summed E-state index contributed by atoms with van der Waals surface area (Å²) in [7, 11) is -4.35. The van der Waals surface area contributed by atoms with E-state index in [0.29, 0.717) is 29.2 Å². The van der Waals surface area contributed by atoms with Gasteiger partial charge in [-0.1, -0.05) is 0 Å². The maximum atomic E-state index is 13.9. The van der Waals surface area contributed by atoms with Crippen molar-refractivity contribution in [2.75, 3.05) is 26.2 Å². The van der Waals surface area contributed by atoms with E-state index in [2.05, 4.69) is 0 Å². The average Bonchev–Trinajstić information content (AvgIpc) is 2.97. The Morgan fingerprint density at radius 2 is 1.67 bits per heavy atom. The SMILES string of the molecule is Cc1cc(C(=O)N2CCN(S(=O)(=O)c3ccc(F)c(F)c3F)CC2)c(C)o1. The molecule has 0 N–H and O–H groups in total. The molecule has 2 heterocycles. The molecule has 27 heavy (non-hydrogen) atoms. The Labute approximate surface area is 154 Å². The van der Waals surface area contributed by atoms with Gasteiger partial charge in [-0.15, -0.1) is 0 Å². The molecule has 0 aliphatic carbocycles. The first kappa shape index (κ1) is 19.4. The van der Waals surface area contributed by atoms with Gasteiger partial charge in [0, 0.05) is 26.2 Å². The number of carbonyl (C=O) groups is 1. The lowest BCUT2D eigenvalue weighted by Gasteiger charge is -2.34. The van der Waals surface area contributed by atoms with Crippen molar-refractivity contribution in [2.45, 2.75) is 18.7 Å². The first-order chi connectivity index (χ1) is 12.6. The van der Waals surface area contributed by atoms with Gasteiger partial charge in [0.05, 0.1) is 5.56 Å². The zero-order valence-corrected chi connectivity index (χ0v) is 15.4. The minimum Gasteiger partial charge on any atom is -0.466 e. The number of hydrogen-bond donors (Lipinski definition) is 0. The van der Waals surface area contributed by atoms with E-state index in [9.17, 15) is 26.4 Å². The van der Waals surface area contributed by atoms with Crippen LogP contribution in [0.3, 0.4) is 0 Å². The van der Waals surface area contributed by atoms with Crippen molar-refractivity contribution in [1.29, 1.82) is 0 Å². The van der Waals surface area contributed by atoms with Crippen LogP contribution in [0.1, 0.15) is 21.9 Å². The number of hydrogen-bond acceptors (Lipinski definition) is 4. The zero-order chi connectivity index (χ0) is 19.9. The Morgan fingerprint density at radius 3 is 2.22 bits per heavy atom. The van der Waals surface area contributed by atoms with E-state index in [4.69, 9.17) is 4.42 Å². The zero-order valence-electron chi connectivity index (χ0n) is 14.6. The highest BCUT2D eigenvalue weighted by Gasteiger charge is 2.34. The molecular weight excluding hydrogens is 385 g/mol. The van der Waals surface area contributed by atoms with Crippen LogP contribution in [0.4, 0.5) is 13.2 Å². The first-order valence-corrected chi connectivity index (χ1v) is 9.57. The van der Waals surface area contributed by atoms with Crippen LogP contribution in [0.25, 0.3) is 0 Å². The van der Waals surface area contributed by atoms with E-state index in [1.54, 1.807) is 19.9 Å². The molecule has 6 nitrogen and oxygen atoms in total. The van der Waals surface area contributed by atoms with Gasteiger partial charge in [0.1, 0.15) is 16.4 Å². The molecule has 3 rings (SSSR count). The lowest BCUT2D eigenvalue weighted by Crippen LogP contribution is -2.50. The number of sulfonamides is 1. The lowest BCUT2D eigenvalue weighted by atomic mass is 10.2. The van der Waals surface area contributed by atoms with E-state index in [0.717, 1.165) is 4.31 Å². The van der Waals surface area contributed by atoms with Crippen molar-refractivity contribution in [1.82, 2.24) is 9.21 Å². The van der Waals surface area contributed by atoms with Crippen LogP contribution in [0, 0.1) is 31.3 Å². The highest BCUT2D eigenvalue weighted by atomic mass is 32.2. The minimum atomic E-state index is -4.35. The summed E-state index contributed by atoms with van der Waals surface area (Å²) < 4.78 is 71.7. The Bertz CT molecular complexity index is 996. The van der Waals surface area contributed by atoms with Crippen LogP contribution in [0.5, 0.6) is 0 Å². The van der Waals surface area contributed by atoms with Gasteiger partial charge >= 0.3 is 0 Å². The van der Waals surface area contributed by atoms with Crippen LogP contribution in [-0.4, -0.2) is 49.7 Å². The van der Waals surface area contributed by atoms with Crippen molar-refractivity contribution >= 4 is 15.9 Å². The monoisotopic (exact) mass is 402 g/mol. The highest BCUT2D eigenvalue weighted by molar-refractivity contribution is 7.89. The second kappa shape index (κ2) is 7.01. The maximum absolute atomic E-state index is 13.9. The molecule has 0 spiro atoms. The molecule has 1 aromatic carbocycles. The van der Waals surface area contributed by atoms with Gasteiger partial charge in [-0.25, -0.2) is 21.6 Å². The largest absolute Gasteiger partial charge is 0.466 e. The molecule has 1 aliphatic rings. The average molecular weight is 402 g/mol. The Hall–Kier alpha value is -2.33.